The Morgan fingerprint density at radius 3 is 2.53 bits per heavy atom. The fourth-order valence-electron chi connectivity index (χ4n) is 4.53. The van der Waals surface area contributed by atoms with Crippen molar-refractivity contribution in [3.8, 4) is 17.0 Å². The van der Waals surface area contributed by atoms with Crippen LogP contribution in [0.25, 0.3) is 11.3 Å². The molecule has 2 aromatic carbocycles. The molecule has 1 atom stereocenters. The highest BCUT2D eigenvalue weighted by Gasteiger charge is 2.23. The van der Waals surface area contributed by atoms with Crippen molar-refractivity contribution in [3.05, 3.63) is 64.5 Å². The van der Waals surface area contributed by atoms with Crippen LogP contribution in [0.1, 0.15) is 59.9 Å². The van der Waals surface area contributed by atoms with Crippen LogP contribution in [0.3, 0.4) is 0 Å². The second-order valence-electron chi connectivity index (χ2n) is 8.82. The van der Waals surface area contributed by atoms with Gasteiger partial charge in [-0.3, -0.25) is 19.8 Å². The molecular formula is C28H34N4O3S. The van der Waals surface area contributed by atoms with Crippen molar-refractivity contribution in [2.45, 2.75) is 46.1 Å². The van der Waals surface area contributed by atoms with Crippen molar-refractivity contribution in [1.82, 2.24) is 15.2 Å². The molecule has 2 N–H and O–H groups in total. The molecule has 0 unspecified atom stereocenters. The van der Waals surface area contributed by atoms with Gasteiger partial charge in [-0.1, -0.05) is 19.9 Å². The Morgan fingerprint density at radius 1 is 1.08 bits per heavy atom. The first kappa shape index (κ1) is 25.9. The lowest BCUT2D eigenvalue weighted by Crippen LogP contribution is -2.40. The van der Waals surface area contributed by atoms with Crippen LogP contribution < -0.4 is 15.4 Å². The number of ether oxygens (including phenoxy) is 1. The molecule has 2 amide bonds. The van der Waals surface area contributed by atoms with Crippen LogP contribution in [-0.4, -0.2) is 54.0 Å². The molecule has 0 radical (unpaired) electrons. The van der Waals surface area contributed by atoms with Crippen LogP contribution in [0, 0.1) is 0 Å². The molecule has 1 aliphatic rings. The van der Waals surface area contributed by atoms with Crippen LogP contribution in [0.15, 0.2) is 47.8 Å². The highest BCUT2D eigenvalue weighted by atomic mass is 32.1. The Hall–Kier alpha value is -3.23. The number of aromatic nitrogens is 1. The number of benzene rings is 2. The van der Waals surface area contributed by atoms with E-state index in [-0.39, 0.29) is 11.8 Å². The first-order chi connectivity index (χ1) is 17.5. The summed E-state index contributed by atoms with van der Waals surface area (Å²) in [7, 11) is 0. The van der Waals surface area contributed by atoms with Crippen LogP contribution >= 0.6 is 11.3 Å². The average Bonchev–Trinajstić information content (AvgIpc) is 3.57. The van der Waals surface area contributed by atoms with E-state index in [1.54, 1.807) is 24.3 Å². The number of likely N-dealkylation sites (tertiary alicyclic amines) is 1. The fraction of sp³-hybridized carbons (Fsp3) is 0.393. The minimum atomic E-state index is -0.264. The number of amides is 2. The molecule has 8 heteroatoms. The molecule has 36 heavy (non-hydrogen) atoms. The molecule has 1 saturated heterocycles. The maximum atomic E-state index is 12.8. The highest BCUT2D eigenvalue weighted by Crippen LogP contribution is 2.33. The summed E-state index contributed by atoms with van der Waals surface area (Å²) in [6, 6.07) is 13.2. The number of nitrogens with one attached hydrogen (secondary N) is 2. The molecule has 0 bridgehead atoms. The van der Waals surface area contributed by atoms with Crippen molar-refractivity contribution < 1.29 is 14.3 Å². The third kappa shape index (κ3) is 6.12. The smallest absolute Gasteiger partial charge is 0.257 e. The number of hydrogen-bond acceptors (Lipinski definition) is 6. The van der Waals surface area contributed by atoms with E-state index in [2.05, 4.69) is 46.5 Å². The lowest BCUT2D eigenvalue weighted by molar-refractivity contribution is 0.0939. The van der Waals surface area contributed by atoms with Gasteiger partial charge < -0.3 is 10.1 Å². The number of aryl methyl sites for hydroxylation is 1. The van der Waals surface area contributed by atoms with E-state index in [0.717, 1.165) is 42.9 Å². The van der Waals surface area contributed by atoms with Gasteiger partial charge in [0.05, 0.1) is 12.3 Å². The molecule has 190 valence electrons. The number of carbonyl (C=O) groups excluding carboxylic acids is 2. The first-order valence-electron chi connectivity index (χ1n) is 12.7. The average molecular weight is 507 g/mol. The van der Waals surface area contributed by atoms with Gasteiger partial charge in [-0.15, -0.1) is 11.3 Å². The molecule has 1 aliphatic heterocycles. The van der Waals surface area contributed by atoms with Gasteiger partial charge in [-0.05, 0) is 81.2 Å². The van der Waals surface area contributed by atoms with Gasteiger partial charge in [0.25, 0.3) is 11.8 Å². The lowest BCUT2D eigenvalue weighted by Gasteiger charge is -2.22. The molecule has 1 fully saturated rings. The van der Waals surface area contributed by atoms with E-state index in [1.165, 1.54) is 23.3 Å². The first-order valence-corrected chi connectivity index (χ1v) is 13.6. The summed E-state index contributed by atoms with van der Waals surface area (Å²) < 4.78 is 5.78. The minimum Gasteiger partial charge on any atom is -0.493 e. The second kappa shape index (κ2) is 12.1. The summed E-state index contributed by atoms with van der Waals surface area (Å²) in [5.74, 6) is 0.399. The zero-order chi connectivity index (χ0) is 25.5. The van der Waals surface area contributed by atoms with E-state index in [0.29, 0.717) is 35.5 Å². The molecule has 4 rings (SSSR count). The van der Waals surface area contributed by atoms with Crippen molar-refractivity contribution in [1.29, 1.82) is 0 Å². The van der Waals surface area contributed by atoms with Crippen LogP contribution in [0.4, 0.5) is 5.13 Å². The summed E-state index contributed by atoms with van der Waals surface area (Å²) >= 11 is 1.37. The molecule has 2 heterocycles. The van der Waals surface area contributed by atoms with Crippen molar-refractivity contribution >= 4 is 28.3 Å². The van der Waals surface area contributed by atoms with Gasteiger partial charge in [-0.2, -0.15) is 0 Å². The number of rotatable bonds is 10. The van der Waals surface area contributed by atoms with Crippen LogP contribution in [-0.2, 0) is 6.42 Å². The fourth-order valence-corrected chi connectivity index (χ4v) is 5.24. The predicted molar refractivity (Wildman–Crippen MR) is 145 cm³/mol. The summed E-state index contributed by atoms with van der Waals surface area (Å²) in [6.45, 7) is 9.53. The standard InChI is InChI=1S/C28H34N4O3S/c1-4-19-9-14-25(35-6-3)23(16-19)24-18-36-28(30-24)31-27(34)21-12-10-20(11-13-21)26(33)29-17-22-8-7-15-32(22)5-2/h9-14,16,18,22H,4-8,15,17H2,1-3H3,(H,29,33)(H,30,31,34)/t22-/m1/s1. The highest BCUT2D eigenvalue weighted by molar-refractivity contribution is 7.14. The molecule has 3 aromatic rings. The number of thiazole rings is 1. The number of likely N-dealkylation sites (N-methyl/N-ethyl adjacent to an activating group) is 1. The van der Waals surface area contributed by atoms with Crippen LogP contribution in [0.5, 0.6) is 5.75 Å². The number of nitrogens with zero attached hydrogens (tertiary/aromatic N) is 2. The second-order valence-corrected chi connectivity index (χ2v) is 9.68. The minimum absolute atomic E-state index is 0.117. The summed E-state index contributed by atoms with van der Waals surface area (Å²) in [4.78, 5) is 32.4. The van der Waals surface area contributed by atoms with Gasteiger partial charge in [0.2, 0.25) is 0 Å². The maximum absolute atomic E-state index is 12.8. The molecule has 0 saturated carbocycles. The molecule has 1 aromatic heterocycles. The van der Waals surface area contributed by atoms with E-state index >= 15 is 0 Å². The summed E-state index contributed by atoms with van der Waals surface area (Å²) in [5, 5.41) is 8.34. The maximum Gasteiger partial charge on any atom is 0.257 e. The number of anilines is 1. The normalized spacial score (nSPS) is 15.6. The van der Waals surface area contributed by atoms with Gasteiger partial charge in [-0.25, -0.2) is 4.98 Å². The van der Waals surface area contributed by atoms with Crippen molar-refractivity contribution in [2.24, 2.45) is 0 Å². The predicted octanol–water partition coefficient (Wildman–Crippen LogP) is 5.24. The Balaban J connectivity index is 1.38. The summed E-state index contributed by atoms with van der Waals surface area (Å²) in [5.41, 5.74) is 3.90. The van der Waals surface area contributed by atoms with E-state index in [1.807, 2.05) is 18.4 Å². The summed E-state index contributed by atoms with van der Waals surface area (Å²) in [6.07, 6.45) is 3.21. The van der Waals surface area contributed by atoms with Crippen molar-refractivity contribution in [2.75, 3.05) is 31.6 Å². The zero-order valence-corrected chi connectivity index (χ0v) is 22.0. The van der Waals surface area contributed by atoms with E-state index < -0.39 is 0 Å². The number of carbonyl (C=O) groups is 2. The number of hydrogen-bond donors (Lipinski definition) is 2. The van der Waals surface area contributed by atoms with Gasteiger partial charge in [0.1, 0.15) is 5.75 Å². The monoisotopic (exact) mass is 506 g/mol. The Kier molecular flexibility index (Phi) is 8.72. The quantitative estimate of drug-likeness (QED) is 0.393. The van der Waals surface area contributed by atoms with Gasteiger partial charge >= 0.3 is 0 Å². The molecular weight excluding hydrogens is 472 g/mol. The van der Waals surface area contributed by atoms with Crippen LogP contribution in [0.2, 0.25) is 0 Å². The Labute approximate surface area is 216 Å². The molecule has 0 aliphatic carbocycles. The van der Waals surface area contributed by atoms with Crippen molar-refractivity contribution in [3.63, 3.8) is 0 Å². The lowest BCUT2D eigenvalue weighted by atomic mass is 10.1. The molecule has 7 nitrogen and oxygen atoms in total. The third-order valence-electron chi connectivity index (χ3n) is 6.57. The largest absolute Gasteiger partial charge is 0.493 e. The van der Waals surface area contributed by atoms with E-state index in [4.69, 9.17) is 4.74 Å². The van der Waals surface area contributed by atoms with Gasteiger partial charge in [0, 0.05) is 34.7 Å². The zero-order valence-electron chi connectivity index (χ0n) is 21.2. The molecule has 0 spiro atoms. The Bertz CT molecular complexity index is 1190. The SMILES string of the molecule is CCOc1ccc(CC)cc1-c1csc(NC(=O)c2ccc(C(=O)NC[C@H]3CCCN3CC)cc2)n1. The topological polar surface area (TPSA) is 83.6 Å². The van der Waals surface area contributed by atoms with Gasteiger partial charge in [0.15, 0.2) is 5.13 Å². The third-order valence-corrected chi connectivity index (χ3v) is 7.32. The van der Waals surface area contributed by atoms with E-state index in [9.17, 15) is 9.59 Å². The Morgan fingerprint density at radius 2 is 1.83 bits per heavy atom.